The maximum atomic E-state index is 12.7. The molecule has 0 fully saturated rings. The second-order valence-electron chi connectivity index (χ2n) is 9.26. The summed E-state index contributed by atoms with van der Waals surface area (Å²) in [6, 6.07) is 13.7. The fourth-order valence-electron chi connectivity index (χ4n) is 3.91. The van der Waals surface area contributed by atoms with Gasteiger partial charge >= 0.3 is 12.0 Å². The number of unbranched alkanes of at least 4 members (excludes halogenated alkanes) is 5. The van der Waals surface area contributed by atoms with Crippen LogP contribution in [0, 0.1) is 0 Å². The maximum Gasteiger partial charge on any atom is 0.333 e. The van der Waals surface area contributed by atoms with E-state index >= 15 is 0 Å². The number of carbonyl (C=O) groups excluding carboxylic acids is 2. The first-order chi connectivity index (χ1) is 17.9. The number of anilines is 1. The van der Waals surface area contributed by atoms with E-state index in [1.165, 1.54) is 19.3 Å². The van der Waals surface area contributed by atoms with Crippen LogP contribution >= 0.6 is 0 Å². The van der Waals surface area contributed by atoms with Crippen molar-refractivity contribution >= 4 is 23.8 Å². The van der Waals surface area contributed by atoms with Crippen molar-refractivity contribution in [2.24, 2.45) is 0 Å². The molecular formula is C31H44N2O4. The van der Waals surface area contributed by atoms with Gasteiger partial charge in [-0.25, -0.2) is 9.59 Å². The monoisotopic (exact) mass is 508 g/mol. The van der Waals surface area contributed by atoms with Gasteiger partial charge < -0.3 is 14.8 Å². The molecule has 2 aromatic rings. The normalized spacial score (nSPS) is 11.2. The molecule has 202 valence electrons. The van der Waals surface area contributed by atoms with Gasteiger partial charge in [0.2, 0.25) is 0 Å². The van der Waals surface area contributed by atoms with Crippen LogP contribution in [0.2, 0.25) is 0 Å². The standard InChI is InChI=1S/C31H44N2O4/c1-6-9-11-12-13-19-32-31(35)33(5)27-16-14-15-26(23-27)28-18-17-25(21-24(4)30(34)36-8-3)22-29(28)37-20-10-7-2/h14-18,21-23H,6-13,19-20H2,1-5H3,(H,32,35)/b24-21+. The van der Waals surface area contributed by atoms with Gasteiger partial charge in [-0.2, -0.15) is 0 Å². The lowest BCUT2D eigenvalue weighted by atomic mass is 10.0. The summed E-state index contributed by atoms with van der Waals surface area (Å²) in [7, 11) is 1.79. The van der Waals surface area contributed by atoms with Crippen LogP contribution in [-0.4, -0.2) is 38.8 Å². The zero-order valence-corrected chi connectivity index (χ0v) is 23.3. The number of urea groups is 1. The Kier molecular flexibility index (Phi) is 13.3. The second kappa shape index (κ2) is 16.5. The lowest BCUT2D eigenvalue weighted by Crippen LogP contribution is -2.37. The van der Waals surface area contributed by atoms with E-state index in [2.05, 4.69) is 19.2 Å². The molecule has 1 N–H and O–H groups in total. The van der Waals surface area contributed by atoms with Crippen molar-refractivity contribution in [1.29, 1.82) is 0 Å². The smallest absolute Gasteiger partial charge is 0.333 e. The van der Waals surface area contributed by atoms with Gasteiger partial charge in [-0.15, -0.1) is 0 Å². The van der Waals surface area contributed by atoms with E-state index in [1.807, 2.05) is 48.5 Å². The first-order valence-corrected chi connectivity index (χ1v) is 13.6. The van der Waals surface area contributed by atoms with Crippen LogP contribution in [0.1, 0.15) is 78.2 Å². The highest BCUT2D eigenvalue weighted by Crippen LogP contribution is 2.34. The number of hydrogen-bond acceptors (Lipinski definition) is 4. The molecule has 0 saturated carbocycles. The van der Waals surface area contributed by atoms with Gasteiger partial charge in [-0.3, -0.25) is 4.90 Å². The molecule has 0 heterocycles. The van der Waals surface area contributed by atoms with Crippen LogP contribution in [0.15, 0.2) is 48.0 Å². The van der Waals surface area contributed by atoms with Crippen LogP contribution in [0.5, 0.6) is 5.75 Å². The van der Waals surface area contributed by atoms with Crippen LogP contribution in [0.3, 0.4) is 0 Å². The van der Waals surface area contributed by atoms with Crippen molar-refractivity contribution in [2.45, 2.75) is 72.6 Å². The number of hydrogen-bond donors (Lipinski definition) is 1. The minimum Gasteiger partial charge on any atom is -0.493 e. The van der Waals surface area contributed by atoms with Gasteiger partial charge in [0.05, 0.1) is 13.2 Å². The topological polar surface area (TPSA) is 67.9 Å². The number of ether oxygens (including phenoxy) is 2. The molecule has 0 unspecified atom stereocenters. The Hall–Kier alpha value is -3.28. The molecule has 0 atom stereocenters. The molecule has 0 aliphatic rings. The Bertz CT molecular complexity index is 1030. The van der Waals surface area contributed by atoms with Crippen LogP contribution < -0.4 is 15.0 Å². The molecule has 6 heteroatoms. The first kappa shape index (κ1) is 29.9. The van der Waals surface area contributed by atoms with Gasteiger partial charge in [0.15, 0.2) is 0 Å². The molecular weight excluding hydrogens is 464 g/mol. The summed E-state index contributed by atoms with van der Waals surface area (Å²) in [6.07, 6.45) is 9.59. The fourth-order valence-corrected chi connectivity index (χ4v) is 3.91. The van der Waals surface area contributed by atoms with Gasteiger partial charge in [0, 0.05) is 30.4 Å². The summed E-state index contributed by atoms with van der Waals surface area (Å²) < 4.78 is 11.3. The number of amides is 2. The number of nitrogens with one attached hydrogen (secondary N) is 1. The van der Waals surface area contributed by atoms with Crippen molar-refractivity contribution in [3.05, 3.63) is 53.6 Å². The van der Waals surface area contributed by atoms with E-state index in [4.69, 9.17) is 9.47 Å². The third kappa shape index (κ3) is 9.95. The molecule has 0 radical (unpaired) electrons. The Morgan fingerprint density at radius 1 is 0.946 bits per heavy atom. The molecule has 0 aliphatic heterocycles. The van der Waals surface area contributed by atoms with E-state index in [0.29, 0.717) is 25.3 Å². The lowest BCUT2D eigenvalue weighted by Gasteiger charge is -2.20. The SMILES string of the molecule is CCCCCCCNC(=O)N(C)c1cccc(-c2ccc(/C=C(\C)C(=O)OCC)cc2OCCCC)c1. The van der Waals surface area contributed by atoms with Gasteiger partial charge in [0.1, 0.15) is 5.75 Å². The average molecular weight is 509 g/mol. The number of esters is 1. The van der Waals surface area contributed by atoms with Crippen molar-refractivity contribution in [3.63, 3.8) is 0 Å². The number of carbonyl (C=O) groups is 2. The van der Waals surface area contributed by atoms with Crippen LogP contribution in [0.4, 0.5) is 10.5 Å². The number of nitrogens with zero attached hydrogens (tertiary/aromatic N) is 1. The summed E-state index contributed by atoms with van der Waals surface area (Å²) in [5.74, 6) is 0.421. The summed E-state index contributed by atoms with van der Waals surface area (Å²) in [4.78, 5) is 26.4. The van der Waals surface area contributed by atoms with E-state index in [0.717, 1.165) is 53.8 Å². The predicted molar refractivity (Wildman–Crippen MR) is 153 cm³/mol. The number of rotatable bonds is 15. The van der Waals surface area contributed by atoms with Crippen molar-refractivity contribution < 1.29 is 19.1 Å². The van der Waals surface area contributed by atoms with Crippen LogP contribution in [0.25, 0.3) is 17.2 Å². The molecule has 0 bridgehead atoms. The molecule has 2 amide bonds. The largest absolute Gasteiger partial charge is 0.493 e. The van der Waals surface area contributed by atoms with Crippen molar-refractivity contribution in [1.82, 2.24) is 5.32 Å². The molecule has 6 nitrogen and oxygen atoms in total. The summed E-state index contributed by atoms with van der Waals surface area (Å²) in [5, 5.41) is 3.02. The molecule has 0 spiro atoms. The summed E-state index contributed by atoms with van der Waals surface area (Å²) in [5.41, 5.74) is 4.11. The Morgan fingerprint density at radius 2 is 1.70 bits per heavy atom. The van der Waals surface area contributed by atoms with Crippen molar-refractivity contribution in [2.75, 3.05) is 31.7 Å². The quantitative estimate of drug-likeness (QED) is 0.153. The zero-order chi connectivity index (χ0) is 27.0. The molecule has 0 aromatic heterocycles. The first-order valence-electron chi connectivity index (χ1n) is 13.6. The highest BCUT2D eigenvalue weighted by atomic mass is 16.5. The lowest BCUT2D eigenvalue weighted by molar-refractivity contribution is -0.138. The second-order valence-corrected chi connectivity index (χ2v) is 9.26. The van der Waals surface area contributed by atoms with E-state index in [9.17, 15) is 9.59 Å². The third-order valence-corrected chi connectivity index (χ3v) is 6.15. The van der Waals surface area contributed by atoms with E-state index in [-0.39, 0.29) is 12.0 Å². The molecule has 37 heavy (non-hydrogen) atoms. The zero-order valence-electron chi connectivity index (χ0n) is 23.3. The van der Waals surface area contributed by atoms with Gasteiger partial charge in [-0.1, -0.05) is 70.2 Å². The molecule has 0 aliphatic carbocycles. The third-order valence-electron chi connectivity index (χ3n) is 6.15. The van der Waals surface area contributed by atoms with Gasteiger partial charge in [-0.05, 0) is 62.1 Å². The Labute approximate surface area is 223 Å². The number of benzene rings is 2. The molecule has 2 aromatic carbocycles. The highest BCUT2D eigenvalue weighted by molar-refractivity contribution is 5.94. The van der Waals surface area contributed by atoms with E-state index < -0.39 is 0 Å². The summed E-state index contributed by atoms with van der Waals surface area (Å²) >= 11 is 0. The maximum absolute atomic E-state index is 12.7. The van der Waals surface area contributed by atoms with Gasteiger partial charge in [0.25, 0.3) is 0 Å². The van der Waals surface area contributed by atoms with Crippen LogP contribution in [-0.2, 0) is 9.53 Å². The Morgan fingerprint density at radius 3 is 2.43 bits per heavy atom. The molecule has 2 rings (SSSR count). The highest BCUT2D eigenvalue weighted by Gasteiger charge is 2.14. The van der Waals surface area contributed by atoms with Crippen molar-refractivity contribution in [3.8, 4) is 16.9 Å². The predicted octanol–water partition coefficient (Wildman–Crippen LogP) is 7.62. The summed E-state index contributed by atoms with van der Waals surface area (Å²) in [6.45, 7) is 9.50. The van der Waals surface area contributed by atoms with E-state index in [1.54, 1.807) is 25.8 Å². The average Bonchev–Trinajstić information content (AvgIpc) is 2.90. The molecule has 0 saturated heterocycles. The Balaban J connectivity index is 2.22. The fraction of sp³-hybridized carbons (Fsp3) is 0.484. The minimum atomic E-state index is -0.324. The minimum absolute atomic E-state index is 0.109.